The van der Waals surface area contributed by atoms with Crippen LogP contribution in [0.5, 0.6) is 0 Å². The van der Waals surface area contributed by atoms with Gasteiger partial charge in [-0.25, -0.2) is 4.57 Å². The van der Waals surface area contributed by atoms with E-state index in [0.29, 0.717) is 6.42 Å². The second-order valence-corrected chi connectivity index (χ2v) is 12.7. The summed E-state index contributed by atoms with van der Waals surface area (Å²) in [5, 5.41) is 23.1. The van der Waals surface area contributed by atoms with Gasteiger partial charge in [-0.1, -0.05) is 0 Å². The molecule has 0 saturated carbocycles. The van der Waals surface area contributed by atoms with Crippen LogP contribution in [0.2, 0.25) is 0 Å². The quantitative estimate of drug-likeness (QED) is 0.0191. The van der Waals surface area contributed by atoms with E-state index in [1.54, 1.807) is 0 Å². The maximum absolute atomic E-state index is 13.7. The highest BCUT2D eigenvalue weighted by Crippen LogP contribution is 2.36. The minimum Gasteiger partial charge on any atom is -0.370 e. The number of carbonyl (C=O) groups is 6. The lowest BCUT2D eigenvalue weighted by Gasteiger charge is -2.30. The van der Waals surface area contributed by atoms with Gasteiger partial charge in [-0.15, -0.1) is 0 Å². The third kappa shape index (κ3) is 14.3. The summed E-state index contributed by atoms with van der Waals surface area (Å²) in [4.78, 5) is 111. The zero-order valence-corrected chi connectivity index (χ0v) is 29.0. The van der Waals surface area contributed by atoms with Crippen LogP contribution in [0.1, 0.15) is 46.5 Å². The molecule has 51 heavy (non-hydrogen) atoms. The Kier molecular flexibility index (Phi) is 15.9. The lowest BCUT2D eigenvalue weighted by Crippen LogP contribution is -2.59. The van der Waals surface area contributed by atoms with Crippen molar-refractivity contribution in [3.8, 4) is 0 Å². The number of guanidine groups is 1. The first-order valence-corrected chi connectivity index (χ1v) is 17.1. The fraction of sp³-hybridized carbons (Fsp3) is 0.536. The number of anilines is 1. The van der Waals surface area contributed by atoms with Crippen LogP contribution >= 0.6 is 7.82 Å². The molecule has 0 aliphatic carbocycles. The lowest BCUT2D eigenvalue weighted by molar-refractivity contribution is -0.384. The minimum absolute atomic E-state index is 0.0100. The predicted molar refractivity (Wildman–Crippen MR) is 179 cm³/mol. The van der Waals surface area contributed by atoms with E-state index >= 15 is 0 Å². The largest absolute Gasteiger partial charge is 0.469 e. The molecule has 1 aliphatic heterocycles. The van der Waals surface area contributed by atoms with Crippen LogP contribution in [-0.2, 0) is 37.9 Å². The highest BCUT2D eigenvalue weighted by Gasteiger charge is 2.40. The Balaban J connectivity index is 2.23. The van der Waals surface area contributed by atoms with Crippen molar-refractivity contribution in [3.63, 3.8) is 0 Å². The molecule has 11 N–H and O–H groups in total. The number of likely N-dealkylation sites (tertiary alicyclic amines) is 1. The topological polar surface area (TPSA) is 340 Å². The number of amides is 6. The number of phosphoric ester groups is 1. The molecule has 0 aromatic heterocycles. The molecule has 5 atom stereocenters. The number of carbonyl (C=O) groups excluding carboxylic acids is 6. The van der Waals surface area contributed by atoms with E-state index in [1.807, 2.05) is 0 Å². The highest BCUT2D eigenvalue weighted by atomic mass is 31.2. The molecule has 2 rings (SSSR count). The summed E-state index contributed by atoms with van der Waals surface area (Å²) in [7, 11) is -5.14. The second kappa shape index (κ2) is 19.3. The number of benzene rings is 1. The summed E-state index contributed by atoms with van der Waals surface area (Å²) in [5.41, 5.74) is 10.7. The molecule has 1 heterocycles. The number of phosphoric acid groups is 1. The molecular formula is C28H43N10O12P. The van der Waals surface area contributed by atoms with Crippen LogP contribution < -0.4 is 38.1 Å². The van der Waals surface area contributed by atoms with Crippen molar-refractivity contribution in [2.75, 3.05) is 25.0 Å². The SMILES string of the molecule is CC(=O)NC(C)C(=O)NC(C)C(=O)NC(COP(=O)(O)O)C(=O)N1CCCC1C(=O)NC(CCCN=C(N)N)C(=O)Nc1ccc([N+](=O)[O-])cc1. The molecule has 1 fully saturated rings. The van der Waals surface area contributed by atoms with Crippen LogP contribution in [0.15, 0.2) is 29.3 Å². The average molecular weight is 743 g/mol. The molecule has 22 nitrogen and oxygen atoms in total. The van der Waals surface area contributed by atoms with Crippen molar-refractivity contribution in [2.24, 2.45) is 16.5 Å². The zero-order chi connectivity index (χ0) is 38.5. The Bertz CT molecular complexity index is 1530. The molecular weight excluding hydrogens is 699 g/mol. The number of nitro groups is 1. The fourth-order valence-corrected chi connectivity index (χ4v) is 5.20. The van der Waals surface area contributed by atoms with Gasteiger partial charge in [0.2, 0.25) is 35.4 Å². The number of non-ortho nitro benzene ring substituents is 1. The molecule has 1 aromatic carbocycles. The number of nitrogens with one attached hydrogen (secondary N) is 5. The number of nitro benzene ring substituents is 1. The number of nitrogens with zero attached hydrogens (tertiary/aromatic N) is 3. The monoisotopic (exact) mass is 742 g/mol. The maximum Gasteiger partial charge on any atom is 0.469 e. The summed E-state index contributed by atoms with van der Waals surface area (Å²) in [6.45, 7) is 2.92. The van der Waals surface area contributed by atoms with Gasteiger partial charge in [-0.05, 0) is 51.7 Å². The molecule has 5 unspecified atom stereocenters. The molecule has 0 spiro atoms. The van der Waals surface area contributed by atoms with Gasteiger partial charge in [-0.3, -0.25) is 48.4 Å². The lowest BCUT2D eigenvalue weighted by atomic mass is 10.1. The minimum atomic E-state index is -5.14. The van der Waals surface area contributed by atoms with Gasteiger partial charge in [0.1, 0.15) is 30.2 Å². The van der Waals surface area contributed by atoms with Crippen LogP contribution in [0.4, 0.5) is 11.4 Å². The number of rotatable bonds is 18. The van der Waals surface area contributed by atoms with E-state index in [2.05, 4.69) is 36.1 Å². The van der Waals surface area contributed by atoms with Gasteiger partial charge in [0.05, 0.1) is 11.5 Å². The smallest absolute Gasteiger partial charge is 0.370 e. The fourth-order valence-electron chi connectivity index (χ4n) is 4.86. The Labute approximate surface area is 291 Å². The normalized spacial score (nSPS) is 16.4. The van der Waals surface area contributed by atoms with Crippen molar-refractivity contribution >= 4 is 60.6 Å². The third-order valence-corrected chi connectivity index (χ3v) is 7.84. The Morgan fingerprint density at radius 3 is 2.18 bits per heavy atom. The van der Waals surface area contributed by atoms with Gasteiger partial charge < -0.3 is 52.7 Å². The summed E-state index contributed by atoms with van der Waals surface area (Å²) < 4.78 is 16.0. The van der Waals surface area contributed by atoms with Gasteiger partial charge in [0.15, 0.2) is 5.96 Å². The molecule has 0 radical (unpaired) electrons. The number of hydrogen-bond acceptors (Lipinski definition) is 11. The standard InChI is InChI=1S/C28H43N10O12P/c1-15(32-17(3)39)23(40)33-16(2)24(41)36-21(14-50-51(47,48)49)27(44)37-13-5-7-22(37)26(43)35-20(6-4-12-31-28(29)30)25(42)34-18-8-10-19(11-9-18)38(45)46/h8-11,15-16,20-22H,4-7,12-14H2,1-3H3,(H,32,39)(H,33,40)(H,34,42)(H,35,43)(H,36,41)(H4,29,30,31)(H2,47,48,49). The first kappa shape index (κ1) is 42.0. The number of aliphatic imine (C=N–C) groups is 1. The Morgan fingerprint density at radius 2 is 1.61 bits per heavy atom. The summed E-state index contributed by atoms with van der Waals surface area (Å²) in [6, 6.07) is -1.45. The van der Waals surface area contributed by atoms with Gasteiger partial charge >= 0.3 is 7.82 Å². The van der Waals surface area contributed by atoms with E-state index in [4.69, 9.17) is 11.5 Å². The number of nitrogens with two attached hydrogens (primary N) is 2. The first-order chi connectivity index (χ1) is 23.8. The van der Waals surface area contributed by atoms with Crippen LogP contribution in [-0.4, -0.2) is 111 Å². The van der Waals surface area contributed by atoms with Crippen molar-refractivity contribution in [2.45, 2.75) is 76.7 Å². The maximum atomic E-state index is 13.7. The molecule has 1 aromatic rings. The predicted octanol–water partition coefficient (Wildman–Crippen LogP) is -2.31. The third-order valence-electron chi connectivity index (χ3n) is 7.35. The molecule has 282 valence electrons. The van der Waals surface area contributed by atoms with Gasteiger partial charge in [-0.2, -0.15) is 0 Å². The van der Waals surface area contributed by atoms with Crippen molar-refractivity contribution < 1.29 is 52.6 Å². The first-order valence-electron chi connectivity index (χ1n) is 15.6. The van der Waals surface area contributed by atoms with Crippen molar-refractivity contribution in [3.05, 3.63) is 34.4 Å². The second-order valence-electron chi connectivity index (χ2n) is 11.5. The van der Waals surface area contributed by atoms with Crippen LogP contribution in [0, 0.1) is 10.1 Å². The van der Waals surface area contributed by atoms with E-state index in [0.717, 1.165) is 4.90 Å². The highest BCUT2D eigenvalue weighted by molar-refractivity contribution is 7.46. The van der Waals surface area contributed by atoms with E-state index in [-0.39, 0.29) is 49.7 Å². The van der Waals surface area contributed by atoms with Gasteiger partial charge in [0.25, 0.3) is 5.69 Å². The Hall–Kier alpha value is -5.18. The van der Waals surface area contributed by atoms with E-state index < -0.39 is 85.0 Å². The Morgan fingerprint density at radius 1 is 1.00 bits per heavy atom. The molecule has 23 heteroatoms. The molecule has 6 amide bonds. The molecule has 1 aliphatic rings. The molecule has 0 bridgehead atoms. The van der Waals surface area contributed by atoms with E-state index in [1.165, 1.54) is 45.0 Å². The zero-order valence-electron chi connectivity index (χ0n) is 28.1. The summed E-state index contributed by atoms with van der Waals surface area (Å²) in [6.07, 6.45) is 0.689. The van der Waals surface area contributed by atoms with Crippen LogP contribution in [0.25, 0.3) is 0 Å². The number of hydrogen-bond donors (Lipinski definition) is 9. The molecule has 1 saturated heterocycles. The van der Waals surface area contributed by atoms with Crippen molar-refractivity contribution in [1.29, 1.82) is 0 Å². The summed E-state index contributed by atoms with van der Waals surface area (Å²) in [5.74, 6) is -4.77. The summed E-state index contributed by atoms with van der Waals surface area (Å²) >= 11 is 0. The van der Waals surface area contributed by atoms with Crippen molar-refractivity contribution in [1.82, 2.24) is 26.2 Å². The van der Waals surface area contributed by atoms with E-state index in [9.17, 15) is 53.2 Å². The van der Waals surface area contributed by atoms with Gasteiger partial charge in [0, 0.05) is 37.8 Å². The average Bonchev–Trinajstić information content (AvgIpc) is 3.53. The van der Waals surface area contributed by atoms with Crippen LogP contribution in [0.3, 0.4) is 0 Å².